The second kappa shape index (κ2) is 4.55. The van der Waals surface area contributed by atoms with Crippen LogP contribution in [0.25, 0.3) is 0 Å². The lowest BCUT2D eigenvalue weighted by atomic mass is 9.97. The minimum Gasteiger partial charge on any atom is -0.480 e. The van der Waals surface area contributed by atoms with Gasteiger partial charge >= 0.3 is 5.97 Å². The molecule has 0 bridgehead atoms. The van der Waals surface area contributed by atoms with E-state index in [-0.39, 0.29) is 17.1 Å². The van der Waals surface area contributed by atoms with E-state index in [0.29, 0.717) is 6.42 Å². The molecule has 0 amide bonds. The van der Waals surface area contributed by atoms with Crippen molar-refractivity contribution in [3.63, 3.8) is 0 Å². The zero-order chi connectivity index (χ0) is 11.8. The SMILES string of the molecule is CC1CC2(CC(C)O1)NC(C(=O)O)CCS2. The number of carbonyl (C=O) groups is 1. The molecule has 92 valence electrons. The number of aliphatic carboxylic acids is 1. The molecule has 0 aromatic rings. The van der Waals surface area contributed by atoms with Crippen LogP contribution in [-0.2, 0) is 9.53 Å². The van der Waals surface area contributed by atoms with Crippen LogP contribution in [0, 0.1) is 0 Å². The van der Waals surface area contributed by atoms with Crippen LogP contribution in [0.5, 0.6) is 0 Å². The van der Waals surface area contributed by atoms with Crippen LogP contribution in [0.15, 0.2) is 0 Å². The molecule has 16 heavy (non-hydrogen) atoms. The number of nitrogens with one attached hydrogen (secondary N) is 1. The molecule has 2 fully saturated rings. The van der Waals surface area contributed by atoms with Gasteiger partial charge in [0.2, 0.25) is 0 Å². The Morgan fingerprint density at radius 1 is 1.44 bits per heavy atom. The normalized spacial score (nSPS) is 44.5. The van der Waals surface area contributed by atoms with E-state index in [1.165, 1.54) is 0 Å². The Morgan fingerprint density at radius 2 is 2.06 bits per heavy atom. The fraction of sp³-hybridized carbons (Fsp3) is 0.909. The zero-order valence-corrected chi connectivity index (χ0v) is 10.5. The van der Waals surface area contributed by atoms with Gasteiger partial charge in [-0.3, -0.25) is 10.1 Å². The van der Waals surface area contributed by atoms with Crippen LogP contribution >= 0.6 is 11.8 Å². The summed E-state index contributed by atoms with van der Waals surface area (Å²) < 4.78 is 5.71. The number of rotatable bonds is 1. The molecule has 2 heterocycles. The van der Waals surface area contributed by atoms with Crippen LogP contribution in [0.3, 0.4) is 0 Å². The molecule has 3 unspecified atom stereocenters. The Balaban J connectivity index is 2.08. The third-order valence-corrected chi connectivity index (χ3v) is 4.66. The third kappa shape index (κ3) is 2.52. The van der Waals surface area contributed by atoms with Gasteiger partial charge in [-0.15, -0.1) is 11.8 Å². The van der Waals surface area contributed by atoms with E-state index in [2.05, 4.69) is 19.2 Å². The van der Waals surface area contributed by atoms with Crippen molar-refractivity contribution in [3.8, 4) is 0 Å². The van der Waals surface area contributed by atoms with Crippen molar-refractivity contribution in [1.29, 1.82) is 0 Å². The lowest BCUT2D eigenvalue weighted by Gasteiger charge is -2.47. The van der Waals surface area contributed by atoms with Gasteiger partial charge in [-0.25, -0.2) is 0 Å². The maximum atomic E-state index is 11.0. The lowest BCUT2D eigenvalue weighted by molar-refractivity contribution is -0.140. The predicted molar refractivity (Wildman–Crippen MR) is 63.6 cm³/mol. The number of hydrogen-bond acceptors (Lipinski definition) is 4. The first-order chi connectivity index (χ1) is 7.51. The Morgan fingerprint density at radius 3 is 2.62 bits per heavy atom. The van der Waals surface area contributed by atoms with E-state index < -0.39 is 12.0 Å². The molecule has 2 rings (SSSR count). The summed E-state index contributed by atoms with van der Waals surface area (Å²) in [6, 6.07) is -0.390. The quantitative estimate of drug-likeness (QED) is 0.732. The first-order valence-electron chi connectivity index (χ1n) is 5.81. The maximum Gasteiger partial charge on any atom is 0.320 e. The lowest BCUT2D eigenvalue weighted by Crippen LogP contribution is -2.59. The van der Waals surface area contributed by atoms with Gasteiger partial charge in [0.05, 0.1) is 17.1 Å². The summed E-state index contributed by atoms with van der Waals surface area (Å²) in [5.41, 5.74) is 0. The monoisotopic (exact) mass is 245 g/mol. The van der Waals surface area contributed by atoms with Crippen LogP contribution in [0.4, 0.5) is 0 Å². The number of carboxylic acids is 1. The summed E-state index contributed by atoms with van der Waals surface area (Å²) in [7, 11) is 0. The van der Waals surface area contributed by atoms with Gasteiger partial charge in [-0.05, 0) is 26.0 Å². The van der Waals surface area contributed by atoms with Gasteiger partial charge in [0.15, 0.2) is 0 Å². The summed E-state index contributed by atoms with van der Waals surface area (Å²) >= 11 is 1.86. The van der Waals surface area contributed by atoms with Crippen LogP contribution in [0.1, 0.15) is 33.1 Å². The highest BCUT2D eigenvalue weighted by atomic mass is 32.2. The fourth-order valence-corrected chi connectivity index (χ4v) is 4.40. The molecule has 1 spiro atoms. The van der Waals surface area contributed by atoms with E-state index >= 15 is 0 Å². The van der Waals surface area contributed by atoms with E-state index in [1.807, 2.05) is 11.8 Å². The van der Waals surface area contributed by atoms with Crippen molar-refractivity contribution in [2.45, 2.75) is 56.2 Å². The van der Waals surface area contributed by atoms with Crippen molar-refractivity contribution in [1.82, 2.24) is 5.32 Å². The molecule has 0 aromatic heterocycles. The topological polar surface area (TPSA) is 58.6 Å². The Kier molecular flexibility index (Phi) is 3.47. The number of carboxylic acid groups (broad SMARTS) is 1. The highest BCUT2D eigenvalue weighted by molar-refractivity contribution is 8.00. The van der Waals surface area contributed by atoms with Gasteiger partial charge < -0.3 is 9.84 Å². The summed E-state index contributed by atoms with van der Waals surface area (Å²) in [5, 5.41) is 12.4. The van der Waals surface area contributed by atoms with E-state index in [0.717, 1.165) is 18.6 Å². The van der Waals surface area contributed by atoms with Gasteiger partial charge in [0, 0.05) is 12.8 Å². The first kappa shape index (κ1) is 12.2. The minimum atomic E-state index is -0.730. The third-order valence-electron chi connectivity index (χ3n) is 3.22. The molecule has 5 heteroatoms. The van der Waals surface area contributed by atoms with Gasteiger partial charge in [0.25, 0.3) is 0 Å². The number of hydrogen-bond donors (Lipinski definition) is 2. The molecule has 0 radical (unpaired) electrons. The molecule has 2 aliphatic rings. The average molecular weight is 245 g/mol. The van der Waals surface area contributed by atoms with Crippen LogP contribution in [-0.4, -0.2) is 39.9 Å². The van der Waals surface area contributed by atoms with E-state index in [9.17, 15) is 4.79 Å². The fourth-order valence-electron chi connectivity index (χ4n) is 2.73. The highest BCUT2D eigenvalue weighted by Crippen LogP contribution is 2.41. The summed E-state index contributed by atoms with van der Waals surface area (Å²) in [5.74, 6) is 0.190. The molecule has 3 atom stereocenters. The Hall–Kier alpha value is -0.260. The minimum absolute atomic E-state index is 0.0849. The molecule has 0 aliphatic carbocycles. The van der Waals surface area contributed by atoms with Gasteiger partial charge in [-0.2, -0.15) is 0 Å². The van der Waals surface area contributed by atoms with Crippen molar-refractivity contribution >= 4 is 17.7 Å². The predicted octanol–water partition coefficient (Wildman–Crippen LogP) is 1.45. The molecule has 0 aromatic carbocycles. The molecule has 0 saturated carbocycles. The van der Waals surface area contributed by atoms with Gasteiger partial charge in [-0.1, -0.05) is 0 Å². The second-order valence-electron chi connectivity index (χ2n) is 4.83. The van der Waals surface area contributed by atoms with E-state index in [1.54, 1.807) is 0 Å². The molecular formula is C11H19NO3S. The number of ether oxygens (including phenoxy) is 1. The second-order valence-corrected chi connectivity index (χ2v) is 6.31. The van der Waals surface area contributed by atoms with E-state index in [4.69, 9.17) is 9.84 Å². The Labute approximate surface area is 100 Å². The first-order valence-corrected chi connectivity index (χ1v) is 6.79. The van der Waals surface area contributed by atoms with Gasteiger partial charge in [0.1, 0.15) is 6.04 Å². The highest BCUT2D eigenvalue weighted by Gasteiger charge is 2.43. The molecule has 2 aliphatic heterocycles. The van der Waals surface area contributed by atoms with Crippen LogP contribution < -0.4 is 5.32 Å². The zero-order valence-electron chi connectivity index (χ0n) is 9.73. The summed E-state index contributed by atoms with van der Waals surface area (Å²) in [6.45, 7) is 4.12. The molecule has 2 saturated heterocycles. The average Bonchev–Trinajstić information content (AvgIpc) is 2.15. The summed E-state index contributed by atoms with van der Waals surface area (Å²) in [6.07, 6.45) is 2.91. The van der Waals surface area contributed by atoms with Crippen LogP contribution in [0.2, 0.25) is 0 Å². The largest absolute Gasteiger partial charge is 0.480 e. The molecular weight excluding hydrogens is 226 g/mol. The standard InChI is InChI=1S/C11H19NO3S/c1-7-5-11(6-8(2)15-7)12-9(10(13)14)3-4-16-11/h7-9,12H,3-6H2,1-2H3,(H,13,14). The number of thioether (sulfide) groups is 1. The van der Waals surface area contributed by atoms with Crippen molar-refractivity contribution in [2.75, 3.05) is 5.75 Å². The molecule has 2 N–H and O–H groups in total. The Bertz CT molecular complexity index is 274. The summed E-state index contributed by atoms with van der Waals surface area (Å²) in [4.78, 5) is 11.0. The van der Waals surface area contributed by atoms with Crippen molar-refractivity contribution in [2.24, 2.45) is 0 Å². The van der Waals surface area contributed by atoms with Crippen molar-refractivity contribution < 1.29 is 14.6 Å². The van der Waals surface area contributed by atoms with Crippen molar-refractivity contribution in [3.05, 3.63) is 0 Å². The molecule has 4 nitrogen and oxygen atoms in total. The smallest absolute Gasteiger partial charge is 0.320 e. The maximum absolute atomic E-state index is 11.0.